The monoisotopic (exact) mass is 433 g/mol. The van der Waals surface area contributed by atoms with Crippen molar-refractivity contribution in [3.05, 3.63) is 48.0 Å². The van der Waals surface area contributed by atoms with E-state index in [9.17, 15) is 9.59 Å². The Morgan fingerprint density at radius 2 is 1.67 bits per heavy atom. The van der Waals surface area contributed by atoms with Crippen LogP contribution in [0.5, 0.6) is 11.5 Å². The molecule has 2 aromatic carbocycles. The van der Waals surface area contributed by atoms with Gasteiger partial charge in [-0.25, -0.2) is 0 Å². The molecule has 0 saturated carbocycles. The van der Waals surface area contributed by atoms with Crippen LogP contribution in [-0.2, 0) is 4.79 Å². The number of ether oxygens (including phenoxy) is 2. The Labute approximate surface area is 182 Å². The van der Waals surface area contributed by atoms with Gasteiger partial charge < -0.3 is 25.4 Å². The molecule has 3 N–H and O–H groups in total. The Balaban J connectivity index is 0.00000320. The zero-order chi connectivity index (χ0) is 20.6. The van der Waals surface area contributed by atoms with Crippen molar-refractivity contribution in [2.45, 2.75) is 19.3 Å². The van der Waals surface area contributed by atoms with Crippen LogP contribution in [0, 0.1) is 5.92 Å². The fourth-order valence-corrected chi connectivity index (χ4v) is 3.39. The van der Waals surface area contributed by atoms with Crippen molar-refractivity contribution in [1.82, 2.24) is 5.32 Å². The van der Waals surface area contributed by atoms with E-state index < -0.39 is 0 Å². The van der Waals surface area contributed by atoms with Gasteiger partial charge in [0.25, 0.3) is 5.91 Å². The summed E-state index contributed by atoms with van der Waals surface area (Å²) in [6, 6.07) is 12.2. The maximum atomic E-state index is 12.5. The van der Waals surface area contributed by atoms with Crippen LogP contribution < -0.4 is 25.4 Å². The van der Waals surface area contributed by atoms with Gasteiger partial charge in [-0.1, -0.05) is 18.2 Å². The highest BCUT2D eigenvalue weighted by molar-refractivity contribution is 6.05. The molecule has 1 aliphatic heterocycles. The van der Waals surface area contributed by atoms with Crippen LogP contribution in [0.3, 0.4) is 0 Å². The average molecular weight is 434 g/mol. The highest BCUT2D eigenvalue weighted by Crippen LogP contribution is 2.36. The SMILES string of the molecule is COc1cc(NC(=O)c2ccccc2)c(OC)cc1NC(=O)CCC1CCNC1.Cl. The molecule has 0 aromatic heterocycles. The first-order valence-electron chi connectivity index (χ1n) is 9.73. The number of carbonyl (C=O) groups is 2. The number of methoxy groups -OCH3 is 2. The molecule has 1 heterocycles. The number of carbonyl (C=O) groups excluding carboxylic acids is 2. The first-order valence-corrected chi connectivity index (χ1v) is 9.73. The maximum absolute atomic E-state index is 12.5. The van der Waals surface area contributed by atoms with Gasteiger partial charge in [-0.15, -0.1) is 12.4 Å². The second-order valence-electron chi connectivity index (χ2n) is 7.02. The van der Waals surface area contributed by atoms with Gasteiger partial charge in [-0.05, 0) is 44.0 Å². The van der Waals surface area contributed by atoms with Gasteiger partial charge >= 0.3 is 0 Å². The molecule has 0 spiro atoms. The molecule has 30 heavy (non-hydrogen) atoms. The highest BCUT2D eigenvalue weighted by Gasteiger charge is 2.18. The van der Waals surface area contributed by atoms with Crippen molar-refractivity contribution in [3.8, 4) is 11.5 Å². The lowest BCUT2D eigenvalue weighted by Gasteiger charge is -2.16. The van der Waals surface area contributed by atoms with E-state index in [1.54, 1.807) is 36.4 Å². The summed E-state index contributed by atoms with van der Waals surface area (Å²) in [6.07, 6.45) is 2.41. The third kappa shape index (κ3) is 6.11. The van der Waals surface area contributed by atoms with Gasteiger partial charge in [0.2, 0.25) is 5.91 Å². The first-order chi connectivity index (χ1) is 14.1. The molecule has 0 radical (unpaired) electrons. The van der Waals surface area contributed by atoms with Crippen molar-refractivity contribution in [2.24, 2.45) is 5.92 Å². The van der Waals surface area contributed by atoms with Crippen molar-refractivity contribution < 1.29 is 19.1 Å². The second kappa shape index (κ2) is 11.4. The molecule has 0 aliphatic carbocycles. The molecule has 1 atom stereocenters. The van der Waals surface area contributed by atoms with Gasteiger partial charge in [-0.2, -0.15) is 0 Å². The maximum Gasteiger partial charge on any atom is 0.255 e. The summed E-state index contributed by atoms with van der Waals surface area (Å²) in [4.78, 5) is 24.9. The molecule has 1 unspecified atom stereocenters. The van der Waals surface area contributed by atoms with Gasteiger partial charge in [0, 0.05) is 24.1 Å². The smallest absolute Gasteiger partial charge is 0.255 e. The van der Waals surface area contributed by atoms with E-state index in [0.29, 0.717) is 40.8 Å². The number of hydrogen-bond donors (Lipinski definition) is 3. The molecule has 1 saturated heterocycles. The normalized spacial score (nSPS) is 15.1. The van der Waals surface area contributed by atoms with E-state index in [-0.39, 0.29) is 24.2 Å². The van der Waals surface area contributed by atoms with Crippen LogP contribution in [0.25, 0.3) is 0 Å². The van der Waals surface area contributed by atoms with E-state index in [1.165, 1.54) is 14.2 Å². The minimum atomic E-state index is -0.257. The fraction of sp³-hybridized carbons (Fsp3) is 0.364. The van der Waals surface area contributed by atoms with Crippen LogP contribution in [0.15, 0.2) is 42.5 Å². The topological polar surface area (TPSA) is 88.7 Å². The number of hydrogen-bond acceptors (Lipinski definition) is 5. The molecule has 7 nitrogen and oxygen atoms in total. The van der Waals surface area contributed by atoms with Crippen LogP contribution in [0.2, 0.25) is 0 Å². The molecule has 162 valence electrons. The Kier molecular flexibility index (Phi) is 8.95. The lowest BCUT2D eigenvalue weighted by atomic mass is 10.0. The lowest BCUT2D eigenvalue weighted by molar-refractivity contribution is -0.116. The van der Waals surface area contributed by atoms with Gasteiger partial charge in [-0.3, -0.25) is 9.59 Å². The van der Waals surface area contributed by atoms with Gasteiger partial charge in [0.15, 0.2) is 0 Å². The van der Waals surface area contributed by atoms with Gasteiger partial charge in [0.05, 0.1) is 25.6 Å². The zero-order valence-corrected chi connectivity index (χ0v) is 18.0. The van der Waals surface area contributed by atoms with E-state index >= 15 is 0 Å². The Hall–Kier alpha value is -2.77. The quantitative estimate of drug-likeness (QED) is 0.590. The third-order valence-corrected chi connectivity index (χ3v) is 5.02. The van der Waals surface area contributed by atoms with E-state index in [2.05, 4.69) is 16.0 Å². The molecule has 8 heteroatoms. The Morgan fingerprint density at radius 1 is 1.03 bits per heavy atom. The molecule has 0 bridgehead atoms. The fourth-order valence-electron chi connectivity index (χ4n) is 3.39. The number of anilines is 2. The average Bonchev–Trinajstić information content (AvgIpc) is 3.27. The molecular weight excluding hydrogens is 406 g/mol. The molecule has 1 aliphatic rings. The summed E-state index contributed by atoms with van der Waals surface area (Å²) in [5.74, 6) is 1.11. The number of benzene rings is 2. The largest absolute Gasteiger partial charge is 0.494 e. The summed E-state index contributed by atoms with van der Waals surface area (Å²) < 4.78 is 10.8. The minimum absolute atomic E-state index is 0. The second-order valence-corrected chi connectivity index (χ2v) is 7.02. The molecule has 1 fully saturated rings. The first kappa shape index (κ1) is 23.5. The number of rotatable bonds is 8. The molecular formula is C22H28ClN3O4. The third-order valence-electron chi connectivity index (χ3n) is 5.02. The van der Waals surface area contributed by atoms with Crippen molar-refractivity contribution >= 4 is 35.6 Å². The number of halogens is 1. The lowest BCUT2D eigenvalue weighted by Crippen LogP contribution is -2.16. The number of amides is 2. The van der Waals surface area contributed by atoms with Gasteiger partial charge in [0.1, 0.15) is 11.5 Å². The standard InChI is InChI=1S/C22H27N3O4.ClH/c1-28-19-13-18(25-22(27)16-6-4-3-5-7-16)20(29-2)12-17(19)24-21(26)9-8-15-10-11-23-14-15;/h3-7,12-13,15,23H,8-11,14H2,1-2H3,(H,24,26)(H,25,27);1H. The van der Waals surface area contributed by atoms with Crippen molar-refractivity contribution in [1.29, 1.82) is 0 Å². The minimum Gasteiger partial charge on any atom is -0.494 e. The zero-order valence-electron chi connectivity index (χ0n) is 17.2. The Morgan fingerprint density at radius 3 is 2.23 bits per heavy atom. The van der Waals surface area contributed by atoms with Crippen LogP contribution in [-0.4, -0.2) is 39.1 Å². The molecule has 2 amide bonds. The van der Waals surface area contributed by atoms with E-state index in [0.717, 1.165) is 25.9 Å². The van der Waals surface area contributed by atoms with E-state index in [4.69, 9.17) is 9.47 Å². The van der Waals surface area contributed by atoms with E-state index in [1.807, 2.05) is 6.07 Å². The van der Waals surface area contributed by atoms with Crippen LogP contribution in [0.1, 0.15) is 29.6 Å². The summed E-state index contributed by atoms with van der Waals surface area (Å²) in [6.45, 7) is 1.99. The van der Waals surface area contributed by atoms with Crippen LogP contribution >= 0.6 is 12.4 Å². The van der Waals surface area contributed by atoms with Crippen molar-refractivity contribution in [3.63, 3.8) is 0 Å². The van der Waals surface area contributed by atoms with Crippen molar-refractivity contribution in [2.75, 3.05) is 37.9 Å². The summed E-state index contributed by atoms with van der Waals surface area (Å²) in [7, 11) is 3.03. The molecule has 2 aromatic rings. The summed E-state index contributed by atoms with van der Waals surface area (Å²) in [5, 5.41) is 9.04. The molecule has 3 rings (SSSR count). The summed E-state index contributed by atoms with van der Waals surface area (Å²) in [5.41, 5.74) is 1.51. The Bertz CT molecular complexity index is 855. The predicted molar refractivity (Wildman–Crippen MR) is 120 cm³/mol. The number of nitrogens with one attached hydrogen (secondary N) is 3. The van der Waals surface area contributed by atoms with Crippen LogP contribution in [0.4, 0.5) is 11.4 Å². The highest BCUT2D eigenvalue weighted by atomic mass is 35.5. The summed E-state index contributed by atoms with van der Waals surface area (Å²) >= 11 is 0. The predicted octanol–water partition coefficient (Wildman–Crippen LogP) is 3.71.